The number of rotatable bonds is 6. The van der Waals surface area contributed by atoms with Crippen LogP contribution >= 0.6 is 0 Å². The van der Waals surface area contributed by atoms with Gasteiger partial charge in [-0.1, -0.05) is 6.07 Å². The van der Waals surface area contributed by atoms with Crippen molar-refractivity contribution in [2.24, 2.45) is 0 Å². The minimum atomic E-state index is -1.01. The molecule has 1 aromatic rings. The van der Waals surface area contributed by atoms with Gasteiger partial charge in [0, 0.05) is 25.2 Å². The molecule has 104 valence electrons. The Morgan fingerprint density at radius 3 is 2.63 bits per heavy atom. The Balaban J connectivity index is 2.67. The fraction of sp³-hybridized carbons (Fsp3) is 0.462. The summed E-state index contributed by atoms with van der Waals surface area (Å²) in [7, 11) is 0. The van der Waals surface area contributed by atoms with Crippen molar-refractivity contribution in [3.63, 3.8) is 0 Å². The molecule has 0 unspecified atom stereocenters. The number of aromatic nitrogens is 1. The molecular weight excluding hydrogens is 248 g/mol. The van der Waals surface area contributed by atoms with Gasteiger partial charge in [0.05, 0.1) is 0 Å². The highest BCUT2D eigenvalue weighted by Gasteiger charge is 2.29. The first-order valence-electron chi connectivity index (χ1n) is 6.04. The molecule has 0 saturated heterocycles. The number of carboxylic acids is 1. The number of nitrogens with one attached hydrogen (secondary N) is 1. The zero-order valence-corrected chi connectivity index (χ0v) is 11.0. The fourth-order valence-electron chi connectivity index (χ4n) is 1.66. The summed E-state index contributed by atoms with van der Waals surface area (Å²) in [4.78, 5) is 34.1. The molecule has 0 radical (unpaired) electrons. The summed E-state index contributed by atoms with van der Waals surface area (Å²) >= 11 is 0. The highest BCUT2D eigenvalue weighted by atomic mass is 16.4. The average molecular weight is 266 g/mol. The fourth-order valence-corrected chi connectivity index (χ4v) is 1.66. The van der Waals surface area contributed by atoms with Crippen molar-refractivity contribution in [3.8, 4) is 0 Å². The normalized spacial score (nSPS) is 11.1. The van der Waals surface area contributed by atoms with Gasteiger partial charge in [0.15, 0.2) is 0 Å². The van der Waals surface area contributed by atoms with Crippen molar-refractivity contribution < 1.29 is 14.7 Å². The van der Waals surface area contributed by atoms with Gasteiger partial charge in [0.1, 0.15) is 5.54 Å². The van der Waals surface area contributed by atoms with E-state index in [4.69, 9.17) is 5.11 Å². The Morgan fingerprint density at radius 1 is 1.37 bits per heavy atom. The molecular formula is C13H18N2O4. The van der Waals surface area contributed by atoms with Crippen molar-refractivity contribution in [3.05, 3.63) is 34.7 Å². The molecule has 1 rings (SSSR count). The van der Waals surface area contributed by atoms with Gasteiger partial charge in [-0.3, -0.25) is 14.4 Å². The van der Waals surface area contributed by atoms with Crippen molar-refractivity contribution in [2.75, 3.05) is 6.54 Å². The van der Waals surface area contributed by atoms with Gasteiger partial charge in [-0.25, -0.2) is 0 Å². The van der Waals surface area contributed by atoms with E-state index >= 15 is 0 Å². The Labute approximate surface area is 111 Å². The summed E-state index contributed by atoms with van der Waals surface area (Å²) < 4.78 is 1.35. The second-order valence-corrected chi connectivity index (χ2v) is 4.72. The van der Waals surface area contributed by atoms with Crippen LogP contribution in [0.15, 0.2) is 29.2 Å². The van der Waals surface area contributed by atoms with E-state index in [1.807, 2.05) is 0 Å². The molecule has 0 fully saturated rings. The topological polar surface area (TPSA) is 88.4 Å². The van der Waals surface area contributed by atoms with Gasteiger partial charge in [-0.2, -0.15) is 0 Å². The lowest BCUT2D eigenvalue weighted by Crippen LogP contribution is -2.48. The largest absolute Gasteiger partial charge is 0.481 e. The van der Waals surface area contributed by atoms with E-state index in [9.17, 15) is 14.4 Å². The lowest BCUT2D eigenvalue weighted by Gasteiger charge is -2.26. The van der Waals surface area contributed by atoms with Gasteiger partial charge in [-0.05, 0) is 26.3 Å². The van der Waals surface area contributed by atoms with Crippen LogP contribution in [-0.4, -0.2) is 28.1 Å². The zero-order chi connectivity index (χ0) is 14.5. The number of carboxylic acid groups (broad SMARTS) is 1. The summed E-state index contributed by atoms with van der Waals surface area (Å²) in [5.74, 6) is -1.21. The minimum Gasteiger partial charge on any atom is -0.481 e. The van der Waals surface area contributed by atoms with E-state index in [2.05, 4.69) is 5.32 Å². The minimum absolute atomic E-state index is 0.00595. The number of hydrogen-bond donors (Lipinski definition) is 2. The third-order valence-corrected chi connectivity index (χ3v) is 2.83. The Bertz CT molecular complexity index is 519. The van der Waals surface area contributed by atoms with E-state index in [-0.39, 0.29) is 24.4 Å². The van der Waals surface area contributed by atoms with Gasteiger partial charge in [0.2, 0.25) is 5.91 Å². The molecule has 0 spiro atoms. The Hall–Kier alpha value is -2.11. The first-order chi connectivity index (χ1) is 8.85. The van der Waals surface area contributed by atoms with Crippen molar-refractivity contribution in [1.29, 1.82) is 0 Å². The van der Waals surface area contributed by atoms with Crippen LogP contribution in [-0.2, 0) is 15.1 Å². The predicted octanol–water partition coefficient (Wildman–Crippen LogP) is 0.564. The van der Waals surface area contributed by atoms with Crippen molar-refractivity contribution >= 4 is 11.9 Å². The average Bonchev–Trinajstić information content (AvgIpc) is 2.34. The molecule has 6 nitrogen and oxygen atoms in total. The number of aliphatic carboxylic acids is 1. The molecule has 19 heavy (non-hydrogen) atoms. The van der Waals surface area contributed by atoms with Crippen LogP contribution in [0, 0.1) is 0 Å². The molecule has 0 aliphatic heterocycles. The van der Waals surface area contributed by atoms with Crippen LogP contribution in [0.25, 0.3) is 0 Å². The Kier molecular flexibility index (Phi) is 4.86. The summed E-state index contributed by atoms with van der Waals surface area (Å²) in [6.07, 6.45) is 1.92. The monoisotopic (exact) mass is 266 g/mol. The van der Waals surface area contributed by atoms with E-state index in [0.29, 0.717) is 6.42 Å². The lowest BCUT2D eigenvalue weighted by molar-refractivity contribution is -0.137. The second-order valence-electron chi connectivity index (χ2n) is 4.72. The molecule has 0 aliphatic carbocycles. The molecule has 0 saturated carbocycles. The van der Waals surface area contributed by atoms with Crippen LogP contribution < -0.4 is 10.9 Å². The van der Waals surface area contributed by atoms with Crippen LogP contribution in [0.2, 0.25) is 0 Å². The molecule has 0 bridgehead atoms. The quantitative estimate of drug-likeness (QED) is 0.736. The maximum absolute atomic E-state index is 12.0. The van der Waals surface area contributed by atoms with Gasteiger partial charge in [-0.15, -0.1) is 0 Å². The molecule has 0 aromatic carbocycles. The maximum atomic E-state index is 12.0. The van der Waals surface area contributed by atoms with Crippen molar-refractivity contribution in [1.82, 2.24) is 9.88 Å². The molecule has 2 N–H and O–H groups in total. The van der Waals surface area contributed by atoms with Crippen molar-refractivity contribution in [2.45, 2.75) is 32.2 Å². The van der Waals surface area contributed by atoms with Gasteiger partial charge in [0.25, 0.3) is 5.56 Å². The molecule has 1 amide bonds. The number of carbonyl (C=O) groups is 2. The Morgan fingerprint density at radius 2 is 2.05 bits per heavy atom. The first-order valence-corrected chi connectivity index (χ1v) is 6.04. The van der Waals surface area contributed by atoms with Gasteiger partial charge < -0.3 is 15.0 Å². The standard InChI is InChI=1S/C13H18N2O4/c1-13(2,15-9-4-3-6-10(15)16)12(19)14-8-5-7-11(17)18/h3-4,6,9H,5,7-8H2,1-2H3,(H,14,19)(H,17,18). The smallest absolute Gasteiger partial charge is 0.303 e. The highest BCUT2D eigenvalue weighted by Crippen LogP contribution is 2.12. The maximum Gasteiger partial charge on any atom is 0.303 e. The number of amides is 1. The van der Waals surface area contributed by atoms with E-state index in [1.54, 1.807) is 32.2 Å². The van der Waals surface area contributed by atoms with E-state index in [1.165, 1.54) is 10.6 Å². The first kappa shape index (κ1) is 14.9. The summed E-state index contributed by atoms with van der Waals surface area (Å²) in [6, 6.07) is 4.68. The summed E-state index contributed by atoms with van der Waals surface area (Å²) in [5.41, 5.74) is -1.27. The van der Waals surface area contributed by atoms with E-state index < -0.39 is 11.5 Å². The number of hydrogen-bond acceptors (Lipinski definition) is 3. The predicted molar refractivity (Wildman–Crippen MR) is 69.9 cm³/mol. The van der Waals surface area contributed by atoms with Gasteiger partial charge >= 0.3 is 5.97 Å². The lowest BCUT2D eigenvalue weighted by atomic mass is 10.0. The summed E-state index contributed by atoms with van der Waals surface area (Å²) in [5, 5.41) is 11.1. The van der Waals surface area contributed by atoms with Crippen LogP contribution in [0.1, 0.15) is 26.7 Å². The summed E-state index contributed by atoms with van der Waals surface area (Å²) in [6.45, 7) is 3.55. The van der Waals surface area contributed by atoms with Crippen LogP contribution in [0.4, 0.5) is 0 Å². The third kappa shape index (κ3) is 3.94. The molecule has 1 heterocycles. The van der Waals surface area contributed by atoms with E-state index in [0.717, 1.165) is 0 Å². The number of pyridine rings is 1. The number of carbonyl (C=O) groups excluding carboxylic acids is 1. The van der Waals surface area contributed by atoms with Crippen LogP contribution in [0.5, 0.6) is 0 Å². The SMILES string of the molecule is CC(C)(C(=O)NCCCC(=O)O)n1ccccc1=O. The second kappa shape index (κ2) is 6.17. The third-order valence-electron chi connectivity index (χ3n) is 2.83. The van der Waals surface area contributed by atoms with Crippen LogP contribution in [0.3, 0.4) is 0 Å². The number of nitrogens with zero attached hydrogens (tertiary/aromatic N) is 1. The zero-order valence-electron chi connectivity index (χ0n) is 11.0. The molecule has 6 heteroatoms. The molecule has 1 aromatic heterocycles. The molecule has 0 atom stereocenters. The highest BCUT2D eigenvalue weighted by molar-refractivity contribution is 5.83. The molecule has 0 aliphatic rings.